The molecule has 0 saturated carbocycles. The van der Waals surface area contributed by atoms with Crippen molar-refractivity contribution in [1.29, 1.82) is 0 Å². The number of nitrogens with one attached hydrogen (secondary N) is 1. The van der Waals surface area contributed by atoms with Crippen molar-refractivity contribution in [2.45, 2.75) is 13.0 Å². The Kier molecular flexibility index (Phi) is 5.18. The molecule has 0 aliphatic heterocycles. The summed E-state index contributed by atoms with van der Waals surface area (Å²) >= 11 is 5.83. The van der Waals surface area contributed by atoms with Crippen molar-refractivity contribution in [1.82, 2.24) is 5.32 Å². The molecule has 0 fully saturated rings. The highest BCUT2D eigenvalue weighted by molar-refractivity contribution is 6.30. The molecule has 6 nitrogen and oxygen atoms in total. The summed E-state index contributed by atoms with van der Waals surface area (Å²) in [6.45, 7) is 1.82. The van der Waals surface area contributed by atoms with Crippen molar-refractivity contribution >= 4 is 23.2 Å². The largest absolute Gasteiger partial charge is 0.490 e. The fraction of sp³-hybridized carbons (Fsp3) is 0.188. The Morgan fingerprint density at radius 1 is 1.26 bits per heavy atom. The molecule has 0 aliphatic carbocycles. The quantitative estimate of drug-likeness (QED) is 0.667. The van der Waals surface area contributed by atoms with Gasteiger partial charge < -0.3 is 10.1 Å². The number of hydrogen-bond donors (Lipinski definition) is 1. The van der Waals surface area contributed by atoms with E-state index < -0.39 is 10.8 Å². The third kappa shape index (κ3) is 3.98. The van der Waals surface area contributed by atoms with Gasteiger partial charge >= 0.3 is 5.69 Å². The average molecular weight is 335 g/mol. The molecule has 1 atom stereocenters. The Bertz CT molecular complexity index is 731. The van der Waals surface area contributed by atoms with E-state index >= 15 is 0 Å². The van der Waals surface area contributed by atoms with E-state index in [1.165, 1.54) is 25.3 Å². The number of carbonyl (C=O) groups excluding carboxylic acids is 1. The summed E-state index contributed by atoms with van der Waals surface area (Å²) in [5.41, 5.74) is 0.823. The molecule has 0 unspecified atom stereocenters. The van der Waals surface area contributed by atoms with Crippen molar-refractivity contribution < 1.29 is 14.5 Å². The lowest BCUT2D eigenvalue weighted by atomic mass is 10.1. The van der Waals surface area contributed by atoms with E-state index in [0.717, 1.165) is 5.56 Å². The van der Waals surface area contributed by atoms with Crippen molar-refractivity contribution in [3.8, 4) is 5.75 Å². The van der Waals surface area contributed by atoms with Gasteiger partial charge in [-0.1, -0.05) is 23.7 Å². The van der Waals surface area contributed by atoms with Crippen LogP contribution in [0.5, 0.6) is 5.75 Å². The van der Waals surface area contributed by atoms with Crippen LogP contribution in [0.15, 0.2) is 42.5 Å². The number of nitro benzene ring substituents is 1. The second-order valence-corrected chi connectivity index (χ2v) is 5.33. The van der Waals surface area contributed by atoms with Crippen molar-refractivity contribution in [3.63, 3.8) is 0 Å². The second-order valence-electron chi connectivity index (χ2n) is 4.89. The van der Waals surface area contributed by atoms with Crippen LogP contribution >= 0.6 is 11.6 Å². The predicted octanol–water partition coefficient (Wildman–Crippen LogP) is 3.75. The zero-order valence-electron chi connectivity index (χ0n) is 12.6. The molecule has 0 spiro atoms. The Labute approximate surface area is 138 Å². The van der Waals surface area contributed by atoms with Gasteiger partial charge in [0.2, 0.25) is 0 Å². The number of hydrogen-bond acceptors (Lipinski definition) is 4. The van der Waals surface area contributed by atoms with Gasteiger partial charge in [0.1, 0.15) is 0 Å². The number of nitrogens with zero attached hydrogens (tertiary/aromatic N) is 1. The zero-order chi connectivity index (χ0) is 17.0. The van der Waals surface area contributed by atoms with Crippen LogP contribution in [-0.2, 0) is 0 Å². The summed E-state index contributed by atoms with van der Waals surface area (Å²) < 4.78 is 4.92. The van der Waals surface area contributed by atoms with E-state index in [2.05, 4.69) is 5.32 Å². The van der Waals surface area contributed by atoms with Gasteiger partial charge in [0.25, 0.3) is 5.91 Å². The first-order valence-electron chi connectivity index (χ1n) is 6.81. The normalized spacial score (nSPS) is 11.6. The van der Waals surface area contributed by atoms with Crippen LogP contribution in [-0.4, -0.2) is 17.9 Å². The number of ether oxygens (including phenoxy) is 1. The molecule has 0 heterocycles. The van der Waals surface area contributed by atoms with Gasteiger partial charge in [-0.05, 0) is 36.8 Å². The lowest BCUT2D eigenvalue weighted by molar-refractivity contribution is -0.385. The third-order valence-corrected chi connectivity index (χ3v) is 3.61. The zero-order valence-corrected chi connectivity index (χ0v) is 13.3. The minimum Gasteiger partial charge on any atom is -0.490 e. The van der Waals surface area contributed by atoms with Gasteiger partial charge in [0.05, 0.1) is 18.1 Å². The van der Waals surface area contributed by atoms with Gasteiger partial charge in [-0.15, -0.1) is 0 Å². The molecule has 0 aromatic heterocycles. The van der Waals surface area contributed by atoms with Gasteiger partial charge in [-0.25, -0.2) is 0 Å². The molecule has 0 aliphatic rings. The molecule has 0 radical (unpaired) electrons. The van der Waals surface area contributed by atoms with Crippen LogP contribution in [0.2, 0.25) is 5.02 Å². The number of carbonyl (C=O) groups is 1. The maximum absolute atomic E-state index is 12.3. The van der Waals surface area contributed by atoms with Crippen LogP contribution in [0.3, 0.4) is 0 Å². The van der Waals surface area contributed by atoms with E-state index in [-0.39, 0.29) is 23.0 Å². The number of methoxy groups -OCH3 is 1. The Morgan fingerprint density at radius 2 is 1.91 bits per heavy atom. The molecule has 120 valence electrons. The third-order valence-electron chi connectivity index (χ3n) is 3.36. The maximum Gasteiger partial charge on any atom is 0.311 e. The SMILES string of the molecule is COc1ccc(C(=O)N[C@H](C)c2ccc(Cl)cc2)cc1[N+](=O)[O-]. The molecule has 2 rings (SSSR count). The molecule has 23 heavy (non-hydrogen) atoms. The van der Waals surface area contributed by atoms with Crippen LogP contribution in [0.1, 0.15) is 28.9 Å². The lowest BCUT2D eigenvalue weighted by Crippen LogP contribution is -2.26. The number of halogens is 1. The summed E-state index contributed by atoms with van der Waals surface area (Å²) in [5, 5.41) is 14.4. The van der Waals surface area contributed by atoms with Crippen LogP contribution in [0.4, 0.5) is 5.69 Å². The van der Waals surface area contributed by atoms with Gasteiger partial charge in [0, 0.05) is 16.7 Å². The number of rotatable bonds is 5. The second kappa shape index (κ2) is 7.11. The number of benzene rings is 2. The van der Waals surface area contributed by atoms with Gasteiger partial charge in [-0.3, -0.25) is 14.9 Å². The smallest absolute Gasteiger partial charge is 0.311 e. The minimum absolute atomic E-state index is 0.109. The Hall–Kier alpha value is -2.60. The molecule has 2 aromatic carbocycles. The molecular weight excluding hydrogens is 320 g/mol. The van der Waals surface area contributed by atoms with Crippen LogP contribution < -0.4 is 10.1 Å². The fourth-order valence-corrected chi connectivity index (χ4v) is 2.21. The first-order valence-corrected chi connectivity index (χ1v) is 7.19. The Morgan fingerprint density at radius 3 is 2.48 bits per heavy atom. The molecule has 2 aromatic rings. The average Bonchev–Trinajstić information content (AvgIpc) is 2.54. The van der Waals surface area contributed by atoms with E-state index in [9.17, 15) is 14.9 Å². The molecule has 1 amide bonds. The summed E-state index contributed by atoms with van der Waals surface area (Å²) in [6, 6.07) is 10.9. The predicted molar refractivity (Wildman–Crippen MR) is 87.0 cm³/mol. The molecular formula is C16H15ClN2O4. The molecule has 1 N–H and O–H groups in total. The summed E-state index contributed by atoms with van der Waals surface area (Å²) in [4.78, 5) is 22.7. The number of amides is 1. The van der Waals surface area contributed by atoms with E-state index in [1.54, 1.807) is 12.1 Å². The molecule has 7 heteroatoms. The highest BCUT2D eigenvalue weighted by Crippen LogP contribution is 2.27. The van der Waals surface area contributed by atoms with Crippen molar-refractivity contribution in [2.24, 2.45) is 0 Å². The van der Waals surface area contributed by atoms with Gasteiger partial charge in [-0.2, -0.15) is 0 Å². The topological polar surface area (TPSA) is 81.5 Å². The standard InChI is InChI=1S/C16H15ClN2O4/c1-10(11-3-6-13(17)7-4-11)18-16(20)12-5-8-15(23-2)14(9-12)19(21)22/h3-10H,1-2H3,(H,18,20)/t10-/m1/s1. The first kappa shape index (κ1) is 16.8. The van der Waals surface area contributed by atoms with Crippen molar-refractivity contribution in [3.05, 3.63) is 68.7 Å². The summed E-state index contributed by atoms with van der Waals surface area (Å²) in [7, 11) is 1.34. The molecule has 0 saturated heterocycles. The lowest BCUT2D eigenvalue weighted by Gasteiger charge is -2.14. The first-order chi connectivity index (χ1) is 10.9. The maximum atomic E-state index is 12.3. The fourth-order valence-electron chi connectivity index (χ4n) is 2.09. The summed E-state index contributed by atoms with van der Waals surface area (Å²) in [6.07, 6.45) is 0. The van der Waals surface area contributed by atoms with Crippen molar-refractivity contribution in [2.75, 3.05) is 7.11 Å². The molecule has 0 bridgehead atoms. The minimum atomic E-state index is -0.585. The number of nitro groups is 1. The van der Waals surface area contributed by atoms with Gasteiger partial charge in [0.15, 0.2) is 5.75 Å². The summed E-state index contributed by atoms with van der Waals surface area (Å²) in [5.74, 6) is -0.296. The highest BCUT2D eigenvalue weighted by atomic mass is 35.5. The Balaban J connectivity index is 2.18. The van der Waals surface area contributed by atoms with E-state index in [0.29, 0.717) is 5.02 Å². The van der Waals surface area contributed by atoms with Crippen LogP contribution in [0.25, 0.3) is 0 Å². The highest BCUT2D eigenvalue weighted by Gasteiger charge is 2.19. The monoisotopic (exact) mass is 334 g/mol. The van der Waals surface area contributed by atoms with Crippen LogP contribution in [0, 0.1) is 10.1 Å². The van der Waals surface area contributed by atoms with E-state index in [4.69, 9.17) is 16.3 Å². The van der Waals surface area contributed by atoms with E-state index in [1.807, 2.05) is 19.1 Å².